The fraction of sp³-hybridized carbons (Fsp3) is 0.545. The molecule has 0 aliphatic carbocycles. The summed E-state index contributed by atoms with van der Waals surface area (Å²) in [4.78, 5) is 4.37. The van der Waals surface area contributed by atoms with Crippen LogP contribution in [0, 0.1) is 0 Å². The van der Waals surface area contributed by atoms with E-state index in [1.54, 1.807) is 23.9 Å². The third kappa shape index (κ3) is 4.12. The van der Waals surface area contributed by atoms with E-state index in [0.717, 1.165) is 11.4 Å². The van der Waals surface area contributed by atoms with Crippen molar-refractivity contribution in [1.82, 2.24) is 9.29 Å². The molecule has 0 saturated carbocycles. The molecule has 1 atom stereocenters. The molecule has 18 heavy (non-hydrogen) atoms. The van der Waals surface area contributed by atoms with Crippen molar-refractivity contribution in [2.75, 3.05) is 20.0 Å². The van der Waals surface area contributed by atoms with Crippen LogP contribution >= 0.6 is 23.4 Å². The summed E-state index contributed by atoms with van der Waals surface area (Å²) in [6, 6.07) is 3.31. The molecule has 7 heteroatoms. The molecular weight excluding hydrogens is 292 g/mol. The molecule has 1 rings (SSSR count). The van der Waals surface area contributed by atoms with Crippen molar-refractivity contribution in [2.24, 2.45) is 0 Å². The largest absolute Gasteiger partial charge is 0.249 e. The summed E-state index contributed by atoms with van der Waals surface area (Å²) in [6.07, 6.45) is 2.29. The Balaban J connectivity index is 2.81. The summed E-state index contributed by atoms with van der Waals surface area (Å²) in [5, 5.41) is 1.18. The van der Waals surface area contributed by atoms with Crippen molar-refractivity contribution in [2.45, 2.75) is 28.5 Å². The van der Waals surface area contributed by atoms with Gasteiger partial charge in [0.2, 0.25) is 10.0 Å². The first-order valence-corrected chi connectivity index (χ1v) is 8.34. The van der Waals surface area contributed by atoms with Crippen LogP contribution in [0.25, 0.3) is 0 Å². The van der Waals surface area contributed by atoms with Gasteiger partial charge in [0, 0.05) is 31.4 Å². The molecule has 0 saturated heterocycles. The van der Waals surface area contributed by atoms with Crippen LogP contribution < -0.4 is 0 Å². The van der Waals surface area contributed by atoms with Crippen molar-refractivity contribution in [3.63, 3.8) is 0 Å². The second-order valence-electron chi connectivity index (χ2n) is 4.03. The van der Waals surface area contributed by atoms with Crippen molar-refractivity contribution in [3.8, 4) is 0 Å². The van der Waals surface area contributed by atoms with Crippen LogP contribution in [0.5, 0.6) is 0 Å². The standard InChI is InChI=1S/C11H17ClN2O2S2/c1-9(6-7-12)17-11-5-4-10(8-13-11)18(15,16)14(2)3/h4-5,8-9H,6-7H2,1-3H3. The highest BCUT2D eigenvalue weighted by Crippen LogP contribution is 2.24. The molecule has 1 heterocycles. The summed E-state index contributed by atoms with van der Waals surface area (Å²) >= 11 is 7.26. The summed E-state index contributed by atoms with van der Waals surface area (Å²) in [5.41, 5.74) is 0. The van der Waals surface area contributed by atoms with Gasteiger partial charge in [0.05, 0.1) is 5.03 Å². The fourth-order valence-corrected chi connectivity index (χ4v) is 3.43. The molecule has 0 bridgehead atoms. The Kier molecular flexibility index (Phi) is 5.91. The first kappa shape index (κ1) is 15.8. The Bertz CT molecular complexity index is 474. The maximum atomic E-state index is 11.8. The Labute approximate surface area is 118 Å². The van der Waals surface area contributed by atoms with Crippen molar-refractivity contribution in [3.05, 3.63) is 18.3 Å². The SMILES string of the molecule is CC(CCCl)Sc1ccc(S(=O)(=O)N(C)C)cn1. The monoisotopic (exact) mass is 308 g/mol. The number of hydrogen-bond acceptors (Lipinski definition) is 4. The van der Waals surface area contributed by atoms with E-state index in [-0.39, 0.29) is 4.90 Å². The zero-order valence-electron chi connectivity index (χ0n) is 10.6. The van der Waals surface area contributed by atoms with Crippen LogP contribution in [-0.4, -0.2) is 42.9 Å². The van der Waals surface area contributed by atoms with E-state index in [2.05, 4.69) is 11.9 Å². The van der Waals surface area contributed by atoms with E-state index < -0.39 is 10.0 Å². The number of alkyl halides is 1. The zero-order valence-corrected chi connectivity index (χ0v) is 13.0. The second kappa shape index (κ2) is 6.75. The van der Waals surface area contributed by atoms with Gasteiger partial charge in [0.15, 0.2) is 0 Å². The van der Waals surface area contributed by atoms with E-state index in [0.29, 0.717) is 11.1 Å². The number of pyridine rings is 1. The minimum absolute atomic E-state index is 0.210. The van der Waals surface area contributed by atoms with Crippen molar-refractivity contribution < 1.29 is 8.42 Å². The Morgan fingerprint density at radius 1 is 1.44 bits per heavy atom. The predicted molar refractivity (Wildman–Crippen MR) is 75.8 cm³/mol. The molecule has 0 amide bonds. The van der Waals surface area contributed by atoms with E-state index in [1.165, 1.54) is 24.6 Å². The minimum atomic E-state index is -3.39. The molecule has 1 aromatic rings. The molecule has 0 aliphatic heterocycles. The van der Waals surface area contributed by atoms with Gasteiger partial charge in [-0.2, -0.15) is 0 Å². The van der Waals surface area contributed by atoms with Crippen LogP contribution in [0.15, 0.2) is 28.3 Å². The molecule has 102 valence electrons. The smallest absolute Gasteiger partial charge is 0.244 e. The van der Waals surface area contributed by atoms with Crippen molar-refractivity contribution in [1.29, 1.82) is 0 Å². The van der Waals surface area contributed by atoms with Gasteiger partial charge in [0.1, 0.15) is 4.90 Å². The van der Waals surface area contributed by atoms with E-state index in [9.17, 15) is 8.42 Å². The van der Waals surface area contributed by atoms with Crippen LogP contribution in [0.2, 0.25) is 0 Å². The van der Waals surface area contributed by atoms with Crippen LogP contribution in [-0.2, 0) is 10.0 Å². The molecule has 0 spiro atoms. The van der Waals surface area contributed by atoms with Gasteiger partial charge in [-0.05, 0) is 18.6 Å². The highest BCUT2D eigenvalue weighted by atomic mass is 35.5. The van der Waals surface area contributed by atoms with Gasteiger partial charge < -0.3 is 0 Å². The molecule has 0 N–H and O–H groups in total. The number of rotatable bonds is 6. The van der Waals surface area contributed by atoms with Crippen LogP contribution in [0.4, 0.5) is 0 Å². The molecule has 1 aromatic heterocycles. The number of sulfonamides is 1. The van der Waals surface area contributed by atoms with Gasteiger partial charge in [-0.15, -0.1) is 23.4 Å². The minimum Gasteiger partial charge on any atom is -0.249 e. The first-order valence-electron chi connectivity index (χ1n) is 5.49. The van der Waals surface area contributed by atoms with Gasteiger partial charge in [0.25, 0.3) is 0 Å². The third-order valence-corrected chi connectivity index (χ3v) is 5.46. The average Bonchev–Trinajstić information content (AvgIpc) is 2.29. The lowest BCUT2D eigenvalue weighted by Gasteiger charge is -2.12. The lowest BCUT2D eigenvalue weighted by Crippen LogP contribution is -2.22. The lowest BCUT2D eigenvalue weighted by atomic mass is 10.4. The Morgan fingerprint density at radius 3 is 2.56 bits per heavy atom. The summed E-state index contributed by atoms with van der Waals surface area (Å²) < 4.78 is 24.8. The van der Waals surface area contributed by atoms with Gasteiger partial charge in [-0.1, -0.05) is 6.92 Å². The molecular formula is C11H17ClN2O2S2. The highest BCUT2D eigenvalue weighted by molar-refractivity contribution is 7.99. The third-order valence-electron chi connectivity index (χ3n) is 2.33. The molecule has 1 unspecified atom stereocenters. The fourth-order valence-electron chi connectivity index (χ4n) is 1.22. The second-order valence-corrected chi connectivity index (χ2v) is 8.01. The highest BCUT2D eigenvalue weighted by Gasteiger charge is 2.17. The van der Waals surface area contributed by atoms with E-state index in [4.69, 9.17) is 11.6 Å². The lowest BCUT2D eigenvalue weighted by molar-refractivity contribution is 0.520. The number of halogens is 1. The normalized spacial score (nSPS) is 13.8. The predicted octanol–water partition coefficient (Wildman–Crippen LogP) is 2.44. The summed E-state index contributed by atoms with van der Waals surface area (Å²) in [5.74, 6) is 0.612. The number of aromatic nitrogens is 1. The number of thioether (sulfide) groups is 1. The quantitative estimate of drug-likeness (QED) is 0.598. The van der Waals surface area contributed by atoms with Crippen LogP contribution in [0.1, 0.15) is 13.3 Å². The molecule has 0 fully saturated rings. The Morgan fingerprint density at radius 2 is 2.11 bits per heavy atom. The molecule has 0 aliphatic rings. The van der Waals surface area contributed by atoms with Gasteiger partial charge in [-0.25, -0.2) is 17.7 Å². The average molecular weight is 309 g/mol. The summed E-state index contributed by atoms with van der Waals surface area (Å²) in [7, 11) is -0.391. The van der Waals surface area contributed by atoms with E-state index in [1.807, 2.05) is 0 Å². The molecule has 0 radical (unpaired) electrons. The van der Waals surface area contributed by atoms with Gasteiger partial charge >= 0.3 is 0 Å². The zero-order chi connectivity index (χ0) is 13.8. The van der Waals surface area contributed by atoms with Crippen molar-refractivity contribution >= 4 is 33.4 Å². The molecule has 4 nitrogen and oxygen atoms in total. The first-order chi connectivity index (χ1) is 8.37. The maximum absolute atomic E-state index is 11.8. The Hall–Kier alpha value is -0.300. The number of nitrogens with zero attached hydrogens (tertiary/aromatic N) is 2. The maximum Gasteiger partial charge on any atom is 0.244 e. The summed E-state index contributed by atoms with van der Waals surface area (Å²) in [6.45, 7) is 2.07. The van der Waals surface area contributed by atoms with Gasteiger partial charge in [-0.3, -0.25) is 0 Å². The molecule has 0 aromatic carbocycles. The number of hydrogen-bond donors (Lipinski definition) is 0. The van der Waals surface area contributed by atoms with Crippen LogP contribution in [0.3, 0.4) is 0 Å². The topological polar surface area (TPSA) is 50.3 Å². The van der Waals surface area contributed by atoms with E-state index >= 15 is 0 Å².